The molecule has 2 N–H and O–H groups in total. The van der Waals surface area contributed by atoms with Crippen molar-refractivity contribution in [2.24, 2.45) is 5.73 Å². The van der Waals surface area contributed by atoms with Gasteiger partial charge in [0.2, 0.25) is 5.91 Å². The number of halogens is 2. The third-order valence-corrected chi connectivity index (χ3v) is 1.43. The van der Waals surface area contributed by atoms with E-state index >= 15 is 0 Å². The highest BCUT2D eigenvalue weighted by atomic mass is 35.5. The van der Waals surface area contributed by atoms with E-state index in [1.807, 2.05) is 0 Å². The molecule has 0 aliphatic heterocycles. The fraction of sp³-hybridized carbons (Fsp3) is 0.750. The summed E-state index contributed by atoms with van der Waals surface area (Å²) in [6.07, 6.45) is 0.158. The van der Waals surface area contributed by atoms with E-state index in [9.17, 15) is 4.79 Å². The van der Waals surface area contributed by atoms with Crippen LogP contribution in [0, 0.1) is 0 Å². The Hall–Kier alpha value is 0.0500. The number of nitrogens with two attached hydrogens (primary N) is 1. The van der Waals surface area contributed by atoms with Gasteiger partial charge >= 0.3 is 0 Å². The topological polar surface area (TPSA) is 43.1 Å². The van der Waals surface area contributed by atoms with Crippen molar-refractivity contribution in [3.8, 4) is 0 Å². The zero-order valence-corrected chi connectivity index (χ0v) is 5.74. The maximum atomic E-state index is 10.0. The first kappa shape index (κ1) is 8.05. The van der Waals surface area contributed by atoms with Crippen LogP contribution in [0.5, 0.6) is 0 Å². The SMILES string of the molecule is NC(=O)C[C@@H](Cl)CCl. The highest BCUT2D eigenvalue weighted by molar-refractivity contribution is 6.28. The van der Waals surface area contributed by atoms with E-state index in [1.54, 1.807) is 0 Å². The van der Waals surface area contributed by atoms with Crippen LogP contribution in [-0.2, 0) is 4.79 Å². The quantitative estimate of drug-likeness (QED) is 0.600. The third kappa shape index (κ3) is 4.22. The van der Waals surface area contributed by atoms with Crippen molar-refractivity contribution in [3.05, 3.63) is 0 Å². The van der Waals surface area contributed by atoms with E-state index in [0.29, 0.717) is 0 Å². The molecule has 0 aromatic rings. The smallest absolute Gasteiger partial charge is 0.218 e. The van der Waals surface area contributed by atoms with Crippen LogP contribution >= 0.6 is 23.2 Å². The highest BCUT2D eigenvalue weighted by Gasteiger charge is 2.04. The summed E-state index contributed by atoms with van der Waals surface area (Å²) in [6, 6.07) is 0. The van der Waals surface area contributed by atoms with E-state index in [0.717, 1.165) is 0 Å². The molecule has 0 aromatic carbocycles. The molecule has 0 rings (SSSR count). The lowest BCUT2D eigenvalue weighted by Gasteiger charge is -1.97. The molecule has 0 aliphatic rings. The first-order valence-corrected chi connectivity index (χ1v) is 3.12. The van der Waals surface area contributed by atoms with Gasteiger partial charge < -0.3 is 5.73 Å². The van der Waals surface area contributed by atoms with Crippen molar-refractivity contribution in [1.29, 1.82) is 0 Å². The lowest BCUT2D eigenvalue weighted by atomic mass is 10.3. The number of alkyl halides is 2. The minimum absolute atomic E-state index is 0.158. The number of hydrogen-bond acceptors (Lipinski definition) is 1. The van der Waals surface area contributed by atoms with Crippen molar-refractivity contribution in [3.63, 3.8) is 0 Å². The molecule has 0 radical (unpaired) electrons. The first-order chi connectivity index (χ1) is 3.66. The zero-order chi connectivity index (χ0) is 6.57. The molecular weight excluding hydrogens is 149 g/mol. The molecule has 2 nitrogen and oxygen atoms in total. The Kier molecular flexibility index (Phi) is 4.01. The Morgan fingerprint density at radius 3 is 2.38 bits per heavy atom. The molecular formula is C4H7Cl2NO. The Bertz CT molecular complexity index is 86.1. The molecule has 0 aromatic heterocycles. The first-order valence-electron chi connectivity index (χ1n) is 2.15. The van der Waals surface area contributed by atoms with Crippen molar-refractivity contribution in [1.82, 2.24) is 0 Å². The fourth-order valence-electron chi connectivity index (χ4n) is 0.273. The normalized spacial score (nSPS) is 13.2. The second-order valence-electron chi connectivity index (χ2n) is 1.42. The Balaban J connectivity index is 3.24. The molecule has 0 saturated carbocycles. The Labute approximate surface area is 57.9 Å². The molecule has 1 atom stereocenters. The maximum Gasteiger partial charge on any atom is 0.218 e. The molecule has 0 saturated heterocycles. The predicted octanol–water partition coefficient (Wildman–Crippen LogP) is 0.708. The van der Waals surface area contributed by atoms with Gasteiger partial charge in [-0.05, 0) is 0 Å². The van der Waals surface area contributed by atoms with Crippen LogP contribution in [0.1, 0.15) is 6.42 Å². The number of carbonyl (C=O) groups is 1. The molecule has 0 fully saturated rings. The lowest BCUT2D eigenvalue weighted by molar-refractivity contribution is -0.117. The lowest BCUT2D eigenvalue weighted by Crippen LogP contribution is -2.17. The summed E-state index contributed by atoms with van der Waals surface area (Å²) in [7, 11) is 0. The van der Waals surface area contributed by atoms with Gasteiger partial charge in [-0.15, -0.1) is 23.2 Å². The molecule has 48 valence electrons. The van der Waals surface area contributed by atoms with Crippen LogP contribution in [0.15, 0.2) is 0 Å². The predicted molar refractivity (Wildman–Crippen MR) is 34.2 cm³/mol. The van der Waals surface area contributed by atoms with Gasteiger partial charge in [-0.3, -0.25) is 4.79 Å². The summed E-state index contributed by atoms with van der Waals surface area (Å²) < 4.78 is 0. The van der Waals surface area contributed by atoms with E-state index in [1.165, 1.54) is 0 Å². The van der Waals surface area contributed by atoms with Crippen molar-refractivity contribution >= 4 is 29.1 Å². The van der Waals surface area contributed by atoms with Crippen molar-refractivity contribution in [2.45, 2.75) is 11.8 Å². The zero-order valence-electron chi connectivity index (χ0n) is 4.23. The standard InChI is InChI=1S/C4H7Cl2NO/c5-2-3(6)1-4(7)8/h3H,1-2H2,(H2,7,8)/t3-/m1/s1. The third-order valence-electron chi connectivity index (χ3n) is 0.590. The van der Waals surface area contributed by atoms with Crippen LogP contribution in [0.2, 0.25) is 0 Å². The minimum Gasteiger partial charge on any atom is -0.370 e. The molecule has 1 amide bonds. The number of hydrogen-bond donors (Lipinski definition) is 1. The van der Waals surface area contributed by atoms with Gasteiger partial charge in [0.05, 0.1) is 5.38 Å². The molecule has 8 heavy (non-hydrogen) atoms. The molecule has 0 aliphatic carbocycles. The Morgan fingerprint density at radius 1 is 1.75 bits per heavy atom. The van der Waals surface area contributed by atoms with Gasteiger partial charge in [0.1, 0.15) is 0 Å². The van der Waals surface area contributed by atoms with Gasteiger partial charge in [-0.1, -0.05) is 0 Å². The molecule has 0 spiro atoms. The van der Waals surface area contributed by atoms with Gasteiger partial charge in [0.15, 0.2) is 0 Å². The van der Waals surface area contributed by atoms with E-state index < -0.39 is 5.91 Å². The van der Waals surface area contributed by atoms with E-state index in [4.69, 9.17) is 28.9 Å². The highest BCUT2D eigenvalue weighted by Crippen LogP contribution is 2.02. The summed E-state index contributed by atoms with van der Waals surface area (Å²) in [5.41, 5.74) is 4.79. The average molecular weight is 156 g/mol. The van der Waals surface area contributed by atoms with Crippen LogP contribution in [-0.4, -0.2) is 17.2 Å². The number of primary amides is 1. The maximum absolute atomic E-state index is 10.0. The molecule has 0 bridgehead atoms. The second kappa shape index (κ2) is 3.98. The summed E-state index contributed by atoms with van der Waals surface area (Å²) in [6.45, 7) is 0. The monoisotopic (exact) mass is 155 g/mol. The Morgan fingerprint density at radius 2 is 2.25 bits per heavy atom. The van der Waals surface area contributed by atoms with Crippen LogP contribution in [0.4, 0.5) is 0 Å². The molecule has 0 unspecified atom stereocenters. The van der Waals surface area contributed by atoms with Crippen LogP contribution in [0.25, 0.3) is 0 Å². The van der Waals surface area contributed by atoms with Crippen LogP contribution < -0.4 is 5.73 Å². The minimum atomic E-state index is -0.411. The van der Waals surface area contributed by atoms with E-state index in [-0.39, 0.29) is 17.7 Å². The second-order valence-corrected chi connectivity index (χ2v) is 2.35. The molecule has 4 heteroatoms. The van der Waals surface area contributed by atoms with Crippen molar-refractivity contribution in [2.75, 3.05) is 5.88 Å². The summed E-state index contributed by atoms with van der Waals surface area (Å²) >= 11 is 10.7. The van der Waals surface area contributed by atoms with Gasteiger partial charge in [0.25, 0.3) is 0 Å². The summed E-state index contributed by atoms with van der Waals surface area (Å²) in [4.78, 5) is 10.0. The summed E-state index contributed by atoms with van der Waals surface area (Å²) in [5.74, 6) is -0.143. The molecule has 0 heterocycles. The summed E-state index contributed by atoms with van der Waals surface area (Å²) in [5, 5.41) is -0.311. The van der Waals surface area contributed by atoms with Gasteiger partial charge in [0, 0.05) is 12.3 Å². The number of rotatable bonds is 3. The number of carbonyl (C=O) groups excluding carboxylic acids is 1. The van der Waals surface area contributed by atoms with Gasteiger partial charge in [-0.25, -0.2) is 0 Å². The largest absolute Gasteiger partial charge is 0.370 e. The number of amides is 1. The average Bonchev–Trinajstić information content (AvgIpc) is 1.65. The van der Waals surface area contributed by atoms with Crippen LogP contribution in [0.3, 0.4) is 0 Å². The van der Waals surface area contributed by atoms with Crippen molar-refractivity contribution < 1.29 is 4.79 Å². The van der Waals surface area contributed by atoms with Gasteiger partial charge in [-0.2, -0.15) is 0 Å². The van der Waals surface area contributed by atoms with E-state index in [2.05, 4.69) is 0 Å². The fourth-order valence-corrected chi connectivity index (χ4v) is 0.534.